The summed E-state index contributed by atoms with van der Waals surface area (Å²) in [4.78, 5) is 13.4. The highest BCUT2D eigenvalue weighted by Crippen LogP contribution is 2.40. The van der Waals surface area contributed by atoms with E-state index in [0.717, 1.165) is 17.7 Å². The number of carbonyl (C=O) groups excluding carboxylic acids is 1. The highest BCUT2D eigenvalue weighted by atomic mass is 19.4. The Kier molecular flexibility index (Phi) is 5.33. The molecule has 148 valence electrons. The van der Waals surface area contributed by atoms with Gasteiger partial charge in [-0.1, -0.05) is 30.3 Å². The van der Waals surface area contributed by atoms with E-state index in [9.17, 15) is 18.0 Å². The molecule has 1 amide bonds. The third kappa shape index (κ3) is 3.96. The van der Waals surface area contributed by atoms with E-state index < -0.39 is 17.8 Å². The van der Waals surface area contributed by atoms with Crippen LogP contribution >= 0.6 is 0 Å². The fraction of sp³-hybridized carbons (Fsp3) is 0.250. The van der Waals surface area contributed by atoms with Crippen molar-refractivity contribution in [1.82, 2.24) is 5.01 Å². The Morgan fingerprint density at radius 2 is 1.89 bits per heavy atom. The number of amides is 1. The fourth-order valence-electron chi connectivity index (χ4n) is 3.36. The number of hydrazine groups is 1. The molecule has 1 heterocycles. The van der Waals surface area contributed by atoms with Gasteiger partial charge in [0.1, 0.15) is 0 Å². The summed E-state index contributed by atoms with van der Waals surface area (Å²) in [6.45, 7) is 1.74. The Bertz CT molecular complexity index is 896. The maximum Gasteiger partial charge on any atom is 0.416 e. The molecule has 2 aromatic rings. The molecule has 0 aromatic heterocycles. The number of hydrogen-bond donors (Lipinski definition) is 2. The first-order valence-corrected chi connectivity index (χ1v) is 8.73. The van der Waals surface area contributed by atoms with Gasteiger partial charge in [-0.15, -0.1) is 0 Å². The molecular weight excluding hydrogens is 369 g/mol. The number of rotatable bonds is 3. The first-order chi connectivity index (χ1) is 13.2. The maximum atomic E-state index is 13.2. The quantitative estimate of drug-likeness (QED) is 0.620. The number of hydrogen-bond acceptors (Lipinski definition) is 4. The van der Waals surface area contributed by atoms with Crippen LogP contribution in [0.5, 0.6) is 0 Å². The predicted octanol–water partition coefficient (Wildman–Crippen LogP) is 3.64. The smallest absolute Gasteiger partial charge is 0.397 e. The topological polar surface area (TPSA) is 75.6 Å². The first kappa shape index (κ1) is 19.8. The van der Waals surface area contributed by atoms with Gasteiger partial charge >= 0.3 is 6.18 Å². The first-order valence-electron chi connectivity index (χ1n) is 8.73. The van der Waals surface area contributed by atoms with Gasteiger partial charge < -0.3 is 15.6 Å². The molecule has 1 aliphatic heterocycles. The van der Waals surface area contributed by atoms with Crippen LogP contribution < -0.4 is 16.5 Å². The number of alkyl halides is 3. The molecule has 2 aromatic carbocycles. The van der Waals surface area contributed by atoms with Crippen LogP contribution in [0.25, 0.3) is 5.70 Å². The van der Waals surface area contributed by atoms with Gasteiger partial charge in [0.05, 0.1) is 17.3 Å². The molecule has 4 N–H and O–H groups in total. The lowest BCUT2D eigenvalue weighted by Gasteiger charge is -2.38. The van der Waals surface area contributed by atoms with E-state index in [4.69, 9.17) is 11.6 Å². The molecule has 0 saturated carbocycles. The lowest BCUT2D eigenvalue weighted by molar-refractivity contribution is -0.137. The molecule has 1 unspecified atom stereocenters. The Morgan fingerprint density at radius 3 is 2.50 bits per heavy atom. The molecule has 1 aliphatic rings. The zero-order chi connectivity index (χ0) is 20.5. The van der Waals surface area contributed by atoms with E-state index in [1.807, 2.05) is 30.3 Å². The second-order valence-corrected chi connectivity index (χ2v) is 6.64. The average Bonchev–Trinajstić information content (AvgIpc) is 2.66. The van der Waals surface area contributed by atoms with Crippen LogP contribution in [-0.2, 0) is 11.0 Å². The van der Waals surface area contributed by atoms with Crippen molar-refractivity contribution < 1.29 is 18.0 Å². The van der Waals surface area contributed by atoms with Gasteiger partial charge in [0.25, 0.3) is 0 Å². The molecule has 0 radical (unpaired) electrons. The maximum absolute atomic E-state index is 13.2. The predicted molar refractivity (Wildman–Crippen MR) is 101 cm³/mol. The molecule has 5 nitrogen and oxygen atoms in total. The molecule has 1 atom stereocenters. The van der Waals surface area contributed by atoms with Crippen LogP contribution in [0.2, 0.25) is 0 Å². The summed E-state index contributed by atoms with van der Waals surface area (Å²) in [7, 11) is 0. The van der Waals surface area contributed by atoms with Crippen LogP contribution in [-0.4, -0.2) is 17.5 Å². The largest absolute Gasteiger partial charge is 0.416 e. The van der Waals surface area contributed by atoms with Crippen molar-refractivity contribution in [3.8, 4) is 0 Å². The summed E-state index contributed by atoms with van der Waals surface area (Å²) < 4.78 is 39.6. The van der Waals surface area contributed by atoms with Gasteiger partial charge in [-0.25, -0.2) is 5.84 Å². The number of carbonyl (C=O) groups is 1. The number of nitrogens with two attached hydrogens (primary N) is 2. The summed E-state index contributed by atoms with van der Waals surface area (Å²) in [5.41, 5.74) is 7.23. The van der Waals surface area contributed by atoms with Crippen LogP contribution in [0, 0.1) is 0 Å². The van der Waals surface area contributed by atoms with Gasteiger partial charge in [0, 0.05) is 30.9 Å². The van der Waals surface area contributed by atoms with Crippen molar-refractivity contribution in [2.24, 2.45) is 11.6 Å². The van der Waals surface area contributed by atoms with Crippen LogP contribution in [0.4, 0.5) is 18.9 Å². The number of benzene rings is 2. The Morgan fingerprint density at radius 1 is 1.21 bits per heavy atom. The minimum absolute atomic E-state index is 0.234. The Hall–Kier alpha value is -3.00. The van der Waals surface area contributed by atoms with Crippen molar-refractivity contribution in [1.29, 1.82) is 0 Å². The summed E-state index contributed by atoms with van der Waals surface area (Å²) in [5.74, 6) is 5.94. The van der Waals surface area contributed by atoms with Crippen molar-refractivity contribution in [2.75, 3.05) is 11.4 Å². The minimum Gasteiger partial charge on any atom is -0.397 e. The SMILES string of the molecule is CC(=O)N1CCC(N(N)/C=C(\N)c2ccccc2)c2cc(C(F)(F)F)ccc21. The summed E-state index contributed by atoms with van der Waals surface area (Å²) in [6, 6.07) is 11.9. The molecule has 0 saturated heterocycles. The fourth-order valence-corrected chi connectivity index (χ4v) is 3.36. The van der Waals surface area contributed by atoms with Gasteiger partial charge in [-0.3, -0.25) is 4.79 Å². The van der Waals surface area contributed by atoms with Crippen LogP contribution in [0.15, 0.2) is 54.7 Å². The molecular formula is C20H21F3N4O. The molecule has 8 heteroatoms. The molecule has 0 spiro atoms. The van der Waals surface area contributed by atoms with Gasteiger partial charge in [-0.05, 0) is 30.2 Å². The molecule has 0 aliphatic carbocycles. The molecule has 28 heavy (non-hydrogen) atoms. The minimum atomic E-state index is -4.49. The van der Waals surface area contributed by atoms with E-state index in [-0.39, 0.29) is 5.91 Å². The summed E-state index contributed by atoms with van der Waals surface area (Å²) in [5, 5.41) is 1.32. The van der Waals surface area contributed by atoms with Crippen molar-refractivity contribution in [2.45, 2.75) is 25.6 Å². The third-order valence-corrected chi connectivity index (χ3v) is 4.77. The highest BCUT2D eigenvalue weighted by Gasteiger charge is 2.35. The highest BCUT2D eigenvalue weighted by molar-refractivity contribution is 5.93. The van der Waals surface area contributed by atoms with E-state index in [1.54, 1.807) is 0 Å². The summed E-state index contributed by atoms with van der Waals surface area (Å²) in [6.07, 6.45) is -2.60. The van der Waals surface area contributed by atoms with E-state index in [1.165, 1.54) is 29.1 Å². The van der Waals surface area contributed by atoms with Crippen molar-refractivity contribution >= 4 is 17.3 Å². The lowest BCUT2D eigenvalue weighted by Crippen LogP contribution is -2.41. The summed E-state index contributed by atoms with van der Waals surface area (Å²) >= 11 is 0. The zero-order valence-corrected chi connectivity index (χ0v) is 15.3. The average molecular weight is 390 g/mol. The van der Waals surface area contributed by atoms with Crippen molar-refractivity contribution in [3.05, 3.63) is 71.4 Å². The molecule has 0 bridgehead atoms. The lowest BCUT2D eigenvalue weighted by atomic mass is 9.93. The van der Waals surface area contributed by atoms with Crippen LogP contribution in [0.3, 0.4) is 0 Å². The molecule has 3 rings (SSSR count). The third-order valence-electron chi connectivity index (χ3n) is 4.77. The number of nitrogens with zero attached hydrogens (tertiary/aromatic N) is 2. The van der Waals surface area contributed by atoms with E-state index >= 15 is 0 Å². The number of fused-ring (bicyclic) bond motifs is 1. The standard InChI is InChI=1S/C20H21F3N4O/c1-13(28)26-10-9-19(16-11-15(20(21,22)23)7-8-18(16)26)27(25)12-17(24)14-5-3-2-4-6-14/h2-8,11-12,19H,9-10,24-25H2,1H3/b17-12-. The second-order valence-electron chi connectivity index (χ2n) is 6.64. The monoisotopic (exact) mass is 390 g/mol. The normalized spacial score (nSPS) is 17.2. The molecule has 0 fully saturated rings. The number of halogens is 3. The van der Waals surface area contributed by atoms with E-state index in [0.29, 0.717) is 29.9 Å². The van der Waals surface area contributed by atoms with Gasteiger partial charge in [0.2, 0.25) is 5.91 Å². The zero-order valence-electron chi connectivity index (χ0n) is 15.3. The van der Waals surface area contributed by atoms with Crippen molar-refractivity contribution in [3.63, 3.8) is 0 Å². The van der Waals surface area contributed by atoms with E-state index in [2.05, 4.69) is 0 Å². The Balaban J connectivity index is 2.00. The Labute approximate surface area is 161 Å². The van der Waals surface area contributed by atoms with Gasteiger partial charge in [-0.2, -0.15) is 13.2 Å². The van der Waals surface area contributed by atoms with Gasteiger partial charge in [0.15, 0.2) is 0 Å². The second kappa shape index (κ2) is 7.55. The van der Waals surface area contributed by atoms with Crippen LogP contribution in [0.1, 0.15) is 36.1 Å². The number of anilines is 1.